The molecule has 0 aliphatic heterocycles. The van der Waals surface area contributed by atoms with Crippen LogP contribution in [0.5, 0.6) is 0 Å². The van der Waals surface area contributed by atoms with Crippen LogP contribution in [0.2, 0.25) is 5.15 Å². The van der Waals surface area contributed by atoms with Gasteiger partial charge in [-0.15, -0.1) is 0 Å². The van der Waals surface area contributed by atoms with Gasteiger partial charge in [-0.3, -0.25) is 10.1 Å². The summed E-state index contributed by atoms with van der Waals surface area (Å²) in [5, 5.41) is 14.8. The fraction of sp³-hybridized carbons (Fsp3) is 0.118. The number of para-hydroxylation sites is 1. The van der Waals surface area contributed by atoms with Gasteiger partial charge < -0.3 is 5.32 Å². The molecule has 3 aromatic rings. The van der Waals surface area contributed by atoms with Gasteiger partial charge in [0.15, 0.2) is 0 Å². The second kappa shape index (κ2) is 6.41. The highest BCUT2D eigenvalue weighted by Crippen LogP contribution is 2.30. The zero-order valence-corrected chi connectivity index (χ0v) is 13.4. The third-order valence-corrected chi connectivity index (χ3v) is 3.93. The number of benzene rings is 2. The summed E-state index contributed by atoms with van der Waals surface area (Å²) < 4.78 is 13.9. The molecule has 0 saturated carbocycles. The topological polar surface area (TPSA) is 68.1 Å². The zero-order valence-electron chi connectivity index (χ0n) is 12.7. The molecule has 3 rings (SSSR count). The van der Waals surface area contributed by atoms with E-state index in [0.29, 0.717) is 11.1 Å². The van der Waals surface area contributed by atoms with Crippen molar-refractivity contribution < 1.29 is 9.31 Å². The molecule has 1 N–H and O–H groups in total. The SMILES string of the molecule is CC(Nc1cc(Cl)nc2c(F)cccc12)c1ccc([N+](=O)[O-])cc1. The lowest BCUT2D eigenvalue weighted by atomic mass is 10.1. The van der Waals surface area contributed by atoms with E-state index in [-0.39, 0.29) is 22.4 Å². The number of aromatic nitrogens is 1. The average molecular weight is 346 g/mol. The fourth-order valence-electron chi connectivity index (χ4n) is 2.50. The standard InChI is InChI=1S/C17H13ClFN3O2/c1-10(11-5-7-12(8-6-11)22(23)24)20-15-9-16(18)21-17-13(15)3-2-4-14(17)19/h2-10H,1H3,(H,20,21). The second-order valence-electron chi connectivity index (χ2n) is 5.34. The molecule has 5 nitrogen and oxygen atoms in total. The van der Waals surface area contributed by atoms with Crippen LogP contribution in [0.1, 0.15) is 18.5 Å². The third kappa shape index (κ3) is 3.14. The zero-order chi connectivity index (χ0) is 17.3. The maximum absolute atomic E-state index is 13.9. The lowest BCUT2D eigenvalue weighted by molar-refractivity contribution is -0.384. The van der Waals surface area contributed by atoms with Gasteiger partial charge in [-0.1, -0.05) is 35.9 Å². The van der Waals surface area contributed by atoms with Crippen LogP contribution in [0.25, 0.3) is 10.9 Å². The van der Waals surface area contributed by atoms with E-state index < -0.39 is 10.7 Å². The van der Waals surface area contributed by atoms with Crippen LogP contribution in [0, 0.1) is 15.9 Å². The minimum Gasteiger partial charge on any atom is -0.378 e. The van der Waals surface area contributed by atoms with Gasteiger partial charge in [-0.05, 0) is 24.6 Å². The highest BCUT2D eigenvalue weighted by molar-refractivity contribution is 6.30. The van der Waals surface area contributed by atoms with Crippen LogP contribution in [0.15, 0.2) is 48.5 Å². The van der Waals surface area contributed by atoms with Crippen LogP contribution >= 0.6 is 11.6 Å². The first-order valence-electron chi connectivity index (χ1n) is 7.21. The van der Waals surface area contributed by atoms with E-state index in [1.807, 2.05) is 6.92 Å². The van der Waals surface area contributed by atoms with Crippen LogP contribution in [0.4, 0.5) is 15.8 Å². The van der Waals surface area contributed by atoms with Crippen LogP contribution < -0.4 is 5.32 Å². The molecule has 1 atom stereocenters. The Labute approximate surface area is 142 Å². The maximum atomic E-state index is 13.9. The molecule has 1 heterocycles. The molecular formula is C17H13ClFN3O2. The normalized spacial score (nSPS) is 12.1. The molecule has 0 bridgehead atoms. The smallest absolute Gasteiger partial charge is 0.269 e. The molecule has 1 aromatic heterocycles. The van der Waals surface area contributed by atoms with Crippen LogP contribution in [-0.4, -0.2) is 9.91 Å². The molecule has 24 heavy (non-hydrogen) atoms. The highest BCUT2D eigenvalue weighted by atomic mass is 35.5. The van der Waals surface area contributed by atoms with E-state index in [4.69, 9.17) is 11.6 Å². The summed E-state index contributed by atoms with van der Waals surface area (Å²) in [5.74, 6) is -0.443. The summed E-state index contributed by atoms with van der Waals surface area (Å²) in [6.45, 7) is 1.90. The van der Waals surface area contributed by atoms with E-state index in [1.165, 1.54) is 18.2 Å². The molecule has 0 aliphatic rings. The molecule has 2 aromatic carbocycles. The van der Waals surface area contributed by atoms with Gasteiger partial charge in [0, 0.05) is 29.2 Å². The largest absolute Gasteiger partial charge is 0.378 e. The summed E-state index contributed by atoms with van der Waals surface area (Å²) in [7, 11) is 0. The Morgan fingerprint density at radius 3 is 2.62 bits per heavy atom. The van der Waals surface area contributed by atoms with Crippen molar-refractivity contribution in [3.63, 3.8) is 0 Å². The van der Waals surface area contributed by atoms with Gasteiger partial charge in [-0.25, -0.2) is 9.37 Å². The lowest BCUT2D eigenvalue weighted by Gasteiger charge is -2.17. The molecular weight excluding hydrogens is 333 g/mol. The molecule has 0 aliphatic carbocycles. The van der Waals surface area contributed by atoms with Crippen molar-refractivity contribution >= 4 is 33.9 Å². The Hall–Kier alpha value is -2.73. The van der Waals surface area contributed by atoms with Crippen LogP contribution in [-0.2, 0) is 0 Å². The van der Waals surface area contributed by atoms with Crippen molar-refractivity contribution in [2.24, 2.45) is 0 Å². The van der Waals surface area contributed by atoms with E-state index in [1.54, 1.807) is 30.3 Å². The van der Waals surface area contributed by atoms with E-state index >= 15 is 0 Å². The minimum absolute atomic E-state index is 0.0328. The summed E-state index contributed by atoms with van der Waals surface area (Å²) in [6, 6.07) is 12.4. The number of anilines is 1. The number of nitro groups is 1. The Kier molecular flexibility index (Phi) is 4.31. The predicted octanol–water partition coefficient (Wildman–Crippen LogP) is 5.11. The van der Waals surface area contributed by atoms with E-state index in [0.717, 1.165) is 5.56 Å². The maximum Gasteiger partial charge on any atom is 0.269 e. The van der Waals surface area contributed by atoms with Gasteiger partial charge in [-0.2, -0.15) is 0 Å². The van der Waals surface area contributed by atoms with E-state index in [9.17, 15) is 14.5 Å². The summed E-state index contributed by atoms with van der Waals surface area (Å²) in [4.78, 5) is 14.3. The molecule has 122 valence electrons. The second-order valence-corrected chi connectivity index (χ2v) is 5.73. The summed E-state index contributed by atoms with van der Waals surface area (Å²) in [5.41, 5.74) is 1.74. The van der Waals surface area contributed by atoms with Crippen molar-refractivity contribution in [2.75, 3.05) is 5.32 Å². The first-order chi connectivity index (χ1) is 11.5. The number of rotatable bonds is 4. The third-order valence-electron chi connectivity index (χ3n) is 3.73. The molecule has 0 spiro atoms. The molecule has 0 amide bonds. The monoisotopic (exact) mass is 345 g/mol. The minimum atomic E-state index is -0.444. The van der Waals surface area contributed by atoms with Crippen molar-refractivity contribution in [3.05, 3.63) is 75.2 Å². The van der Waals surface area contributed by atoms with Crippen LogP contribution in [0.3, 0.4) is 0 Å². The van der Waals surface area contributed by atoms with Crippen molar-refractivity contribution in [3.8, 4) is 0 Å². The molecule has 7 heteroatoms. The first-order valence-corrected chi connectivity index (χ1v) is 7.59. The number of nitrogens with one attached hydrogen (secondary N) is 1. The number of non-ortho nitro benzene ring substituents is 1. The quantitative estimate of drug-likeness (QED) is 0.405. The van der Waals surface area contributed by atoms with E-state index in [2.05, 4.69) is 10.3 Å². The van der Waals surface area contributed by atoms with Gasteiger partial charge in [0.1, 0.15) is 16.5 Å². The van der Waals surface area contributed by atoms with Gasteiger partial charge >= 0.3 is 0 Å². The number of nitrogens with zero attached hydrogens (tertiary/aromatic N) is 2. The summed E-state index contributed by atoms with van der Waals surface area (Å²) >= 11 is 5.99. The lowest BCUT2D eigenvalue weighted by Crippen LogP contribution is -2.07. The number of pyridine rings is 1. The van der Waals surface area contributed by atoms with Crippen molar-refractivity contribution in [2.45, 2.75) is 13.0 Å². The van der Waals surface area contributed by atoms with Gasteiger partial charge in [0.05, 0.1) is 4.92 Å². The fourth-order valence-corrected chi connectivity index (χ4v) is 2.70. The van der Waals surface area contributed by atoms with Crippen molar-refractivity contribution in [1.82, 2.24) is 4.98 Å². The average Bonchev–Trinajstić information content (AvgIpc) is 2.56. The number of hydrogen-bond acceptors (Lipinski definition) is 4. The Balaban J connectivity index is 1.94. The molecule has 0 fully saturated rings. The van der Waals surface area contributed by atoms with Gasteiger partial charge in [0.25, 0.3) is 5.69 Å². The molecule has 0 radical (unpaired) electrons. The molecule has 0 saturated heterocycles. The summed E-state index contributed by atoms with van der Waals surface area (Å²) in [6.07, 6.45) is 0. The molecule has 1 unspecified atom stereocenters. The Morgan fingerprint density at radius 1 is 1.25 bits per heavy atom. The first kappa shape index (κ1) is 16.1. The Morgan fingerprint density at radius 2 is 1.96 bits per heavy atom. The van der Waals surface area contributed by atoms with Gasteiger partial charge in [0.2, 0.25) is 0 Å². The number of halogens is 2. The Bertz CT molecular complexity index is 916. The highest BCUT2D eigenvalue weighted by Gasteiger charge is 2.13. The number of fused-ring (bicyclic) bond motifs is 1. The predicted molar refractivity (Wildman–Crippen MR) is 91.8 cm³/mol. The number of hydrogen-bond donors (Lipinski definition) is 1. The number of nitro benzene ring substituents is 1. The van der Waals surface area contributed by atoms with Crippen molar-refractivity contribution in [1.29, 1.82) is 0 Å².